The van der Waals surface area contributed by atoms with Crippen LogP contribution in [0.25, 0.3) is 10.2 Å². The van der Waals surface area contributed by atoms with E-state index in [2.05, 4.69) is 9.97 Å². The van der Waals surface area contributed by atoms with Gasteiger partial charge in [0.05, 0.1) is 36.9 Å². The molecule has 0 atom stereocenters. The number of hydrogen-bond donors (Lipinski definition) is 0. The number of methoxy groups -OCH3 is 1. The molecule has 4 aromatic rings. The van der Waals surface area contributed by atoms with Gasteiger partial charge in [-0.05, 0) is 48.0 Å². The molecular formula is C23H21N3O3S. The quantitative estimate of drug-likeness (QED) is 0.414. The molecule has 0 N–H and O–H groups in total. The molecule has 2 aromatic heterocycles. The summed E-state index contributed by atoms with van der Waals surface area (Å²) in [6, 6.07) is 19.0. The van der Waals surface area contributed by atoms with Crippen LogP contribution in [-0.2, 0) is 11.3 Å². The topological polar surface area (TPSA) is 64.5 Å². The first-order valence-electron chi connectivity index (χ1n) is 9.54. The van der Waals surface area contributed by atoms with Crippen LogP contribution in [0, 0.1) is 0 Å². The standard InChI is InChI=1S/C23H21N3O3S/c1-28-19-7-8-20-21(15-19)30-23(25-20)26(16-17-9-12-24-13-10-17)22(27)11-14-29-18-5-3-2-4-6-18/h2-10,12-13,15H,11,14,16H2,1H3. The Hall–Kier alpha value is -3.45. The molecule has 2 aromatic carbocycles. The first-order chi connectivity index (χ1) is 14.7. The summed E-state index contributed by atoms with van der Waals surface area (Å²) in [4.78, 5) is 23.6. The maximum atomic E-state index is 13.1. The average Bonchev–Trinajstić information content (AvgIpc) is 3.21. The highest BCUT2D eigenvalue weighted by atomic mass is 32.1. The van der Waals surface area contributed by atoms with Gasteiger partial charge in [-0.25, -0.2) is 4.98 Å². The lowest BCUT2D eigenvalue weighted by Crippen LogP contribution is -2.31. The Morgan fingerprint density at radius 2 is 1.83 bits per heavy atom. The molecule has 6 nitrogen and oxygen atoms in total. The molecule has 0 saturated heterocycles. The lowest BCUT2D eigenvalue weighted by Gasteiger charge is -2.20. The molecule has 0 unspecified atom stereocenters. The van der Waals surface area contributed by atoms with Crippen LogP contribution in [0.15, 0.2) is 73.1 Å². The molecule has 4 rings (SSSR count). The summed E-state index contributed by atoms with van der Waals surface area (Å²) in [6.07, 6.45) is 3.69. The molecule has 0 spiro atoms. The van der Waals surface area contributed by atoms with Gasteiger partial charge in [-0.2, -0.15) is 0 Å². The van der Waals surface area contributed by atoms with E-state index in [1.807, 2.05) is 60.7 Å². The second-order valence-electron chi connectivity index (χ2n) is 6.58. The predicted octanol–water partition coefficient (Wildman–Crippen LogP) is 4.70. The number of carbonyl (C=O) groups excluding carboxylic acids is 1. The van der Waals surface area contributed by atoms with Crippen LogP contribution >= 0.6 is 11.3 Å². The highest BCUT2D eigenvalue weighted by Crippen LogP contribution is 2.32. The second kappa shape index (κ2) is 9.37. The van der Waals surface area contributed by atoms with E-state index in [0.29, 0.717) is 18.3 Å². The van der Waals surface area contributed by atoms with Crippen LogP contribution in [0.4, 0.5) is 5.13 Å². The third kappa shape index (κ3) is 4.75. The number of nitrogens with zero attached hydrogens (tertiary/aromatic N) is 3. The lowest BCUT2D eigenvalue weighted by atomic mass is 10.2. The maximum absolute atomic E-state index is 13.1. The summed E-state index contributed by atoms with van der Waals surface area (Å²) in [7, 11) is 1.63. The molecule has 30 heavy (non-hydrogen) atoms. The molecular weight excluding hydrogens is 398 g/mol. The second-order valence-corrected chi connectivity index (χ2v) is 7.59. The number of ether oxygens (including phenoxy) is 2. The zero-order chi connectivity index (χ0) is 20.8. The fourth-order valence-corrected chi connectivity index (χ4v) is 3.99. The first-order valence-corrected chi connectivity index (χ1v) is 10.4. The summed E-state index contributed by atoms with van der Waals surface area (Å²) in [5.74, 6) is 1.47. The molecule has 0 bridgehead atoms. The number of benzene rings is 2. The van der Waals surface area contributed by atoms with E-state index in [1.165, 1.54) is 11.3 Å². The van der Waals surface area contributed by atoms with Crippen LogP contribution in [0.3, 0.4) is 0 Å². The van der Waals surface area contributed by atoms with E-state index in [-0.39, 0.29) is 12.3 Å². The number of carbonyl (C=O) groups is 1. The van der Waals surface area contributed by atoms with Crippen molar-refractivity contribution in [2.45, 2.75) is 13.0 Å². The van der Waals surface area contributed by atoms with Crippen molar-refractivity contribution < 1.29 is 14.3 Å². The Morgan fingerprint density at radius 3 is 2.60 bits per heavy atom. The van der Waals surface area contributed by atoms with Crippen LogP contribution in [0.5, 0.6) is 11.5 Å². The number of amides is 1. The van der Waals surface area contributed by atoms with Gasteiger partial charge in [-0.3, -0.25) is 14.7 Å². The van der Waals surface area contributed by atoms with Crippen molar-refractivity contribution in [1.29, 1.82) is 0 Å². The van der Waals surface area contributed by atoms with Crippen molar-refractivity contribution in [2.75, 3.05) is 18.6 Å². The molecule has 0 aliphatic heterocycles. The SMILES string of the molecule is COc1ccc2nc(N(Cc3ccncc3)C(=O)CCOc3ccccc3)sc2c1. The van der Waals surface area contributed by atoms with Crippen molar-refractivity contribution in [3.63, 3.8) is 0 Å². The Kier molecular flexibility index (Phi) is 6.20. The van der Waals surface area contributed by atoms with Crippen LogP contribution in [0.1, 0.15) is 12.0 Å². The van der Waals surface area contributed by atoms with Gasteiger partial charge in [0.15, 0.2) is 5.13 Å². The number of aromatic nitrogens is 2. The molecule has 0 saturated carbocycles. The lowest BCUT2D eigenvalue weighted by molar-refractivity contribution is -0.119. The fraction of sp³-hybridized carbons (Fsp3) is 0.174. The fourth-order valence-electron chi connectivity index (χ4n) is 2.98. The first kappa shape index (κ1) is 19.8. The number of pyridine rings is 1. The van der Waals surface area contributed by atoms with Gasteiger partial charge in [0.1, 0.15) is 11.5 Å². The Balaban J connectivity index is 1.55. The van der Waals surface area contributed by atoms with Gasteiger partial charge < -0.3 is 9.47 Å². The minimum atomic E-state index is -0.0474. The molecule has 0 aliphatic carbocycles. The molecule has 152 valence electrons. The van der Waals surface area contributed by atoms with Gasteiger partial charge in [0.25, 0.3) is 0 Å². The summed E-state index contributed by atoms with van der Waals surface area (Å²) < 4.78 is 12.0. The Labute approximate surface area is 178 Å². The van der Waals surface area contributed by atoms with Crippen LogP contribution in [0.2, 0.25) is 0 Å². The summed E-state index contributed by atoms with van der Waals surface area (Å²) >= 11 is 1.47. The van der Waals surface area contributed by atoms with Crippen molar-refractivity contribution in [2.24, 2.45) is 0 Å². The minimum Gasteiger partial charge on any atom is -0.497 e. The van der Waals surface area contributed by atoms with Crippen LogP contribution in [-0.4, -0.2) is 29.6 Å². The van der Waals surface area contributed by atoms with E-state index < -0.39 is 0 Å². The number of thiazole rings is 1. The van der Waals surface area contributed by atoms with Gasteiger partial charge >= 0.3 is 0 Å². The summed E-state index contributed by atoms with van der Waals surface area (Å²) in [5, 5.41) is 0.653. The Bertz CT molecular complexity index is 1120. The van der Waals surface area contributed by atoms with E-state index in [4.69, 9.17) is 9.47 Å². The van der Waals surface area contributed by atoms with E-state index >= 15 is 0 Å². The normalized spacial score (nSPS) is 10.7. The zero-order valence-electron chi connectivity index (χ0n) is 16.5. The third-order valence-electron chi connectivity index (χ3n) is 4.53. The van der Waals surface area contributed by atoms with Crippen molar-refractivity contribution >= 4 is 32.6 Å². The third-order valence-corrected chi connectivity index (χ3v) is 5.58. The van der Waals surface area contributed by atoms with Gasteiger partial charge in [-0.1, -0.05) is 29.5 Å². The van der Waals surface area contributed by atoms with Gasteiger partial charge in [0.2, 0.25) is 5.91 Å². The van der Waals surface area contributed by atoms with Crippen LogP contribution < -0.4 is 14.4 Å². The largest absolute Gasteiger partial charge is 0.497 e. The van der Waals surface area contributed by atoms with Crippen molar-refractivity contribution in [3.8, 4) is 11.5 Å². The number of rotatable bonds is 8. The molecule has 0 fully saturated rings. The van der Waals surface area contributed by atoms with E-state index in [1.54, 1.807) is 24.4 Å². The molecule has 1 amide bonds. The highest BCUT2D eigenvalue weighted by molar-refractivity contribution is 7.22. The monoisotopic (exact) mass is 419 g/mol. The van der Waals surface area contributed by atoms with Crippen molar-refractivity contribution in [1.82, 2.24) is 9.97 Å². The number of fused-ring (bicyclic) bond motifs is 1. The highest BCUT2D eigenvalue weighted by Gasteiger charge is 2.20. The minimum absolute atomic E-state index is 0.0474. The smallest absolute Gasteiger partial charge is 0.232 e. The van der Waals surface area contributed by atoms with Gasteiger partial charge in [-0.15, -0.1) is 0 Å². The maximum Gasteiger partial charge on any atom is 0.232 e. The molecule has 7 heteroatoms. The summed E-state index contributed by atoms with van der Waals surface area (Å²) in [5.41, 5.74) is 1.82. The number of hydrogen-bond acceptors (Lipinski definition) is 6. The molecule has 2 heterocycles. The van der Waals surface area contributed by atoms with Crippen molar-refractivity contribution in [3.05, 3.63) is 78.6 Å². The summed E-state index contributed by atoms with van der Waals surface area (Å²) in [6.45, 7) is 0.720. The predicted molar refractivity (Wildman–Crippen MR) is 118 cm³/mol. The van der Waals surface area contributed by atoms with E-state index in [0.717, 1.165) is 27.3 Å². The zero-order valence-corrected chi connectivity index (χ0v) is 17.3. The average molecular weight is 420 g/mol. The number of para-hydroxylation sites is 1. The van der Waals surface area contributed by atoms with Gasteiger partial charge in [0, 0.05) is 12.4 Å². The molecule has 0 radical (unpaired) electrons. The van der Waals surface area contributed by atoms with E-state index in [9.17, 15) is 4.79 Å². The molecule has 0 aliphatic rings. The Morgan fingerprint density at radius 1 is 1.03 bits per heavy atom. The number of anilines is 1.